The zero-order chi connectivity index (χ0) is 20.9. The van der Waals surface area contributed by atoms with Gasteiger partial charge in [0.25, 0.3) is 0 Å². The summed E-state index contributed by atoms with van der Waals surface area (Å²) in [6.45, 7) is 0.481. The molecule has 0 amide bonds. The fourth-order valence-corrected chi connectivity index (χ4v) is 4.34. The first-order valence-corrected chi connectivity index (χ1v) is 10.8. The molecule has 0 aliphatic rings. The molecule has 0 saturated heterocycles. The molecule has 1 aromatic heterocycles. The lowest BCUT2D eigenvalue weighted by molar-refractivity contribution is 0.306. The number of hydrogen-bond acceptors (Lipinski definition) is 4. The van der Waals surface area contributed by atoms with Crippen LogP contribution in [0.25, 0.3) is 5.69 Å². The van der Waals surface area contributed by atoms with Gasteiger partial charge in [-0.25, -0.2) is 14.5 Å². The van der Waals surface area contributed by atoms with Crippen LogP contribution in [-0.2, 0) is 12.4 Å². The normalized spacial score (nSPS) is 10.9. The van der Waals surface area contributed by atoms with E-state index in [1.165, 1.54) is 16.3 Å². The van der Waals surface area contributed by atoms with E-state index >= 15 is 0 Å². The molecule has 0 spiro atoms. The van der Waals surface area contributed by atoms with Crippen LogP contribution in [0.1, 0.15) is 11.1 Å². The van der Waals surface area contributed by atoms with Crippen molar-refractivity contribution < 1.29 is 4.74 Å². The maximum absolute atomic E-state index is 12.3. The van der Waals surface area contributed by atoms with Crippen molar-refractivity contribution in [2.75, 3.05) is 0 Å². The van der Waals surface area contributed by atoms with E-state index in [0.29, 0.717) is 33.2 Å². The minimum atomic E-state index is -0.306. The van der Waals surface area contributed by atoms with Gasteiger partial charge in [-0.2, -0.15) is 0 Å². The smallest absolute Gasteiger partial charge is 0.348 e. The molecule has 4 rings (SSSR count). The van der Waals surface area contributed by atoms with E-state index < -0.39 is 0 Å². The zero-order valence-electron chi connectivity index (χ0n) is 15.7. The van der Waals surface area contributed by atoms with Crippen LogP contribution in [0.15, 0.2) is 82.7 Å². The van der Waals surface area contributed by atoms with E-state index in [1.54, 1.807) is 6.07 Å². The van der Waals surface area contributed by atoms with Gasteiger partial charge in [0.1, 0.15) is 12.4 Å². The number of halogens is 2. The molecule has 3 aromatic carbocycles. The molecule has 0 aliphatic carbocycles. The molecule has 0 aliphatic heterocycles. The fraction of sp³-hybridized carbons (Fsp3) is 0.0909. The second-order valence-corrected chi connectivity index (χ2v) is 8.30. The summed E-state index contributed by atoms with van der Waals surface area (Å²) in [6, 6.07) is 22.6. The lowest BCUT2D eigenvalue weighted by atomic mass is 10.2. The molecule has 1 N–H and O–H groups in total. The van der Waals surface area contributed by atoms with Gasteiger partial charge in [-0.1, -0.05) is 65.3 Å². The fourth-order valence-electron chi connectivity index (χ4n) is 2.88. The van der Waals surface area contributed by atoms with Gasteiger partial charge in [-0.15, -0.1) is 5.10 Å². The first kappa shape index (κ1) is 20.6. The molecule has 0 saturated carbocycles. The summed E-state index contributed by atoms with van der Waals surface area (Å²) in [5.74, 6) is 1.30. The number of thioether (sulfide) groups is 1. The maximum Gasteiger partial charge on any atom is 0.348 e. The molecule has 4 aromatic rings. The van der Waals surface area contributed by atoms with Crippen LogP contribution in [0.5, 0.6) is 5.75 Å². The van der Waals surface area contributed by atoms with Crippen LogP contribution >= 0.6 is 35.0 Å². The first-order valence-electron chi connectivity index (χ1n) is 9.11. The Labute approximate surface area is 187 Å². The van der Waals surface area contributed by atoms with E-state index in [4.69, 9.17) is 27.9 Å². The van der Waals surface area contributed by atoms with Gasteiger partial charge in [0.05, 0.1) is 5.69 Å². The van der Waals surface area contributed by atoms with Gasteiger partial charge >= 0.3 is 5.69 Å². The Morgan fingerprint density at radius 1 is 0.933 bits per heavy atom. The highest BCUT2D eigenvalue weighted by Gasteiger charge is 2.12. The second kappa shape index (κ2) is 9.43. The number of hydrogen-bond donors (Lipinski definition) is 1. The monoisotopic (exact) mass is 457 g/mol. The van der Waals surface area contributed by atoms with Crippen LogP contribution in [0, 0.1) is 0 Å². The summed E-state index contributed by atoms with van der Waals surface area (Å²) in [6.07, 6.45) is 0. The van der Waals surface area contributed by atoms with E-state index in [0.717, 1.165) is 16.9 Å². The third-order valence-corrected chi connectivity index (χ3v) is 5.72. The maximum atomic E-state index is 12.3. The van der Waals surface area contributed by atoms with Crippen LogP contribution in [-0.4, -0.2) is 14.8 Å². The minimum absolute atomic E-state index is 0.306. The average Bonchev–Trinajstić information content (AvgIpc) is 3.11. The Bertz CT molecular complexity index is 1170. The summed E-state index contributed by atoms with van der Waals surface area (Å²) in [4.78, 5) is 12.3. The lowest BCUT2D eigenvalue weighted by Gasteiger charge is -2.09. The van der Waals surface area contributed by atoms with Gasteiger partial charge in [-0.3, -0.25) is 0 Å². The Kier molecular flexibility index (Phi) is 6.47. The highest BCUT2D eigenvalue weighted by atomic mass is 35.5. The molecule has 30 heavy (non-hydrogen) atoms. The van der Waals surface area contributed by atoms with Crippen LogP contribution in [0.3, 0.4) is 0 Å². The van der Waals surface area contributed by atoms with Crippen molar-refractivity contribution in [2.24, 2.45) is 0 Å². The average molecular weight is 458 g/mol. The number of benzene rings is 3. The van der Waals surface area contributed by atoms with E-state index in [2.05, 4.69) is 10.2 Å². The molecule has 0 unspecified atom stereocenters. The number of aromatic amines is 1. The summed E-state index contributed by atoms with van der Waals surface area (Å²) in [5, 5.41) is 8.35. The number of aromatic nitrogens is 3. The number of ether oxygens (including phenoxy) is 1. The summed E-state index contributed by atoms with van der Waals surface area (Å²) in [7, 11) is 0. The van der Waals surface area contributed by atoms with Crippen molar-refractivity contribution in [3.63, 3.8) is 0 Å². The quantitative estimate of drug-likeness (QED) is 0.359. The van der Waals surface area contributed by atoms with E-state index in [-0.39, 0.29) is 5.69 Å². The van der Waals surface area contributed by atoms with E-state index in [9.17, 15) is 4.79 Å². The minimum Gasteiger partial charge on any atom is -0.489 e. The largest absolute Gasteiger partial charge is 0.489 e. The van der Waals surface area contributed by atoms with Crippen molar-refractivity contribution in [2.45, 2.75) is 17.5 Å². The standard InChI is InChI=1S/C22H17Cl2N3O2S/c23-17-10-16(11-18(24)12-17)14-30-22-26-25-21(28)27(22)19-6-8-20(9-7-19)29-13-15-4-2-1-3-5-15/h1-12H,13-14H2,(H,25,28). The molecule has 1 heterocycles. The Balaban J connectivity index is 1.47. The molecular formula is C22H17Cl2N3O2S. The van der Waals surface area contributed by atoms with Crippen molar-refractivity contribution >= 4 is 35.0 Å². The molecule has 0 fully saturated rings. The number of nitrogens with one attached hydrogen (secondary N) is 1. The molecule has 152 valence electrons. The summed E-state index contributed by atoms with van der Waals surface area (Å²) >= 11 is 13.5. The molecule has 5 nitrogen and oxygen atoms in total. The highest BCUT2D eigenvalue weighted by Crippen LogP contribution is 2.26. The van der Waals surface area contributed by atoms with Crippen molar-refractivity contribution in [1.29, 1.82) is 0 Å². The van der Waals surface area contributed by atoms with E-state index in [1.807, 2.05) is 66.7 Å². The van der Waals surface area contributed by atoms with Gasteiger partial charge in [0.2, 0.25) is 0 Å². The molecular weight excluding hydrogens is 441 g/mol. The Morgan fingerprint density at radius 2 is 1.63 bits per heavy atom. The number of rotatable bonds is 7. The number of nitrogens with zero attached hydrogens (tertiary/aromatic N) is 2. The Morgan fingerprint density at radius 3 is 2.33 bits per heavy atom. The molecule has 8 heteroatoms. The van der Waals surface area contributed by atoms with Crippen LogP contribution in [0.4, 0.5) is 0 Å². The topological polar surface area (TPSA) is 59.9 Å². The van der Waals surface area contributed by atoms with Gasteiger partial charge in [0, 0.05) is 15.8 Å². The highest BCUT2D eigenvalue weighted by molar-refractivity contribution is 7.98. The van der Waals surface area contributed by atoms with Gasteiger partial charge in [0.15, 0.2) is 5.16 Å². The molecule has 0 atom stereocenters. The number of H-pyrrole nitrogens is 1. The van der Waals surface area contributed by atoms with Crippen molar-refractivity contribution in [1.82, 2.24) is 14.8 Å². The third-order valence-electron chi connectivity index (χ3n) is 4.28. The molecule has 0 bridgehead atoms. The van der Waals surface area contributed by atoms with Crippen molar-refractivity contribution in [3.05, 3.63) is 104 Å². The second-order valence-electron chi connectivity index (χ2n) is 6.48. The SMILES string of the molecule is O=c1[nH]nc(SCc2cc(Cl)cc(Cl)c2)n1-c1ccc(OCc2ccccc2)cc1. The predicted octanol–water partition coefficient (Wildman–Crippen LogP) is 5.74. The summed E-state index contributed by atoms with van der Waals surface area (Å²) < 4.78 is 7.34. The zero-order valence-corrected chi connectivity index (χ0v) is 18.0. The first-order chi connectivity index (χ1) is 14.6. The lowest BCUT2D eigenvalue weighted by Crippen LogP contribution is -2.15. The Hall–Kier alpha value is -2.67. The van der Waals surface area contributed by atoms with Crippen LogP contribution in [0.2, 0.25) is 10.0 Å². The van der Waals surface area contributed by atoms with Crippen LogP contribution < -0.4 is 10.4 Å². The van der Waals surface area contributed by atoms with Gasteiger partial charge in [-0.05, 0) is 53.6 Å². The summed E-state index contributed by atoms with van der Waals surface area (Å²) in [5.41, 5.74) is 2.43. The van der Waals surface area contributed by atoms with Gasteiger partial charge < -0.3 is 4.74 Å². The van der Waals surface area contributed by atoms with Crippen molar-refractivity contribution in [3.8, 4) is 11.4 Å². The molecule has 0 radical (unpaired) electrons. The third kappa shape index (κ3) is 5.08. The predicted molar refractivity (Wildman–Crippen MR) is 121 cm³/mol.